The molecule has 0 radical (unpaired) electrons. The molecular formula is C9H6F2N2S. The first-order chi connectivity index (χ1) is 6.65. The van der Waals surface area contributed by atoms with Crippen LogP contribution in [0.4, 0.5) is 8.78 Å². The van der Waals surface area contributed by atoms with Gasteiger partial charge < -0.3 is 9.97 Å². The maximum absolute atomic E-state index is 12.8. The Hall–Kier alpha value is -1.49. The van der Waals surface area contributed by atoms with Crippen LogP contribution in [0.5, 0.6) is 0 Å². The summed E-state index contributed by atoms with van der Waals surface area (Å²) in [6.07, 6.45) is 1.57. The van der Waals surface area contributed by atoms with Crippen LogP contribution >= 0.6 is 12.2 Å². The lowest BCUT2D eigenvalue weighted by Crippen LogP contribution is -1.83. The van der Waals surface area contributed by atoms with Gasteiger partial charge in [0, 0.05) is 17.8 Å². The van der Waals surface area contributed by atoms with E-state index in [1.54, 1.807) is 6.20 Å². The first-order valence-electron chi connectivity index (χ1n) is 3.89. The second kappa shape index (κ2) is 3.34. The van der Waals surface area contributed by atoms with Crippen LogP contribution < -0.4 is 0 Å². The highest BCUT2D eigenvalue weighted by atomic mass is 32.1. The van der Waals surface area contributed by atoms with Gasteiger partial charge in [-0.1, -0.05) is 0 Å². The zero-order valence-electron chi connectivity index (χ0n) is 6.97. The lowest BCUT2D eigenvalue weighted by atomic mass is 10.1. The van der Waals surface area contributed by atoms with Crippen LogP contribution in [-0.4, -0.2) is 9.97 Å². The number of hydrogen-bond acceptors (Lipinski definition) is 1. The molecule has 1 heterocycles. The van der Waals surface area contributed by atoms with Gasteiger partial charge in [0.15, 0.2) is 4.77 Å². The molecule has 2 rings (SSSR count). The molecule has 1 aromatic carbocycles. The van der Waals surface area contributed by atoms with Gasteiger partial charge in [-0.25, -0.2) is 8.78 Å². The van der Waals surface area contributed by atoms with Crippen LogP contribution in [-0.2, 0) is 0 Å². The molecule has 2 N–H and O–H groups in total. The molecule has 0 aliphatic heterocycles. The Kier molecular flexibility index (Phi) is 2.17. The fraction of sp³-hybridized carbons (Fsp3) is 0. The Balaban J connectivity index is 2.56. The van der Waals surface area contributed by atoms with Crippen molar-refractivity contribution >= 4 is 12.2 Å². The Bertz CT molecular complexity index is 495. The summed E-state index contributed by atoms with van der Waals surface area (Å²) in [5.41, 5.74) is 0.989. The van der Waals surface area contributed by atoms with Crippen molar-refractivity contribution in [1.29, 1.82) is 0 Å². The monoisotopic (exact) mass is 212 g/mol. The highest BCUT2D eigenvalue weighted by Crippen LogP contribution is 2.18. The van der Waals surface area contributed by atoms with Crippen molar-refractivity contribution in [2.24, 2.45) is 0 Å². The molecule has 0 unspecified atom stereocenters. The number of rotatable bonds is 1. The van der Waals surface area contributed by atoms with E-state index in [2.05, 4.69) is 9.97 Å². The summed E-state index contributed by atoms with van der Waals surface area (Å²) in [6, 6.07) is 3.29. The number of benzene rings is 1. The van der Waals surface area contributed by atoms with Crippen LogP contribution in [0.3, 0.4) is 0 Å². The van der Waals surface area contributed by atoms with E-state index in [-0.39, 0.29) is 0 Å². The average Bonchev–Trinajstić information content (AvgIpc) is 2.50. The van der Waals surface area contributed by atoms with Gasteiger partial charge in [0.1, 0.15) is 11.6 Å². The minimum Gasteiger partial charge on any atom is -0.337 e. The van der Waals surface area contributed by atoms with Gasteiger partial charge in [-0.05, 0) is 24.4 Å². The number of nitrogens with one attached hydrogen (secondary N) is 2. The first kappa shape index (κ1) is 9.08. The van der Waals surface area contributed by atoms with E-state index >= 15 is 0 Å². The molecule has 0 fully saturated rings. The number of aromatic nitrogens is 2. The summed E-state index contributed by atoms with van der Waals surface area (Å²) < 4.78 is 26.1. The van der Waals surface area contributed by atoms with E-state index in [1.807, 2.05) is 0 Å². The fourth-order valence-electron chi connectivity index (χ4n) is 1.20. The minimum atomic E-state index is -0.611. The summed E-state index contributed by atoms with van der Waals surface area (Å²) in [5.74, 6) is -1.22. The smallest absolute Gasteiger partial charge is 0.174 e. The third-order valence-corrected chi connectivity index (χ3v) is 1.99. The Morgan fingerprint density at radius 2 is 1.71 bits per heavy atom. The van der Waals surface area contributed by atoms with Crippen LogP contribution in [0.2, 0.25) is 0 Å². The van der Waals surface area contributed by atoms with E-state index in [0.29, 0.717) is 16.0 Å². The molecular weight excluding hydrogens is 206 g/mol. The van der Waals surface area contributed by atoms with E-state index in [1.165, 1.54) is 12.1 Å². The quantitative estimate of drug-likeness (QED) is 0.699. The summed E-state index contributed by atoms with van der Waals surface area (Å²) in [4.78, 5) is 5.49. The van der Waals surface area contributed by atoms with Gasteiger partial charge >= 0.3 is 0 Å². The predicted molar refractivity (Wildman–Crippen MR) is 51.3 cm³/mol. The fourth-order valence-corrected chi connectivity index (χ4v) is 1.37. The van der Waals surface area contributed by atoms with Crippen LogP contribution in [0.25, 0.3) is 11.3 Å². The van der Waals surface area contributed by atoms with Crippen molar-refractivity contribution in [2.45, 2.75) is 0 Å². The van der Waals surface area contributed by atoms with E-state index in [0.717, 1.165) is 6.07 Å². The molecule has 0 amide bonds. The third-order valence-electron chi connectivity index (χ3n) is 1.77. The van der Waals surface area contributed by atoms with Gasteiger partial charge in [-0.3, -0.25) is 0 Å². The molecule has 0 atom stereocenters. The van der Waals surface area contributed by atoms with Gasteiger partial charge in [0.2, 0.25) is 0 Å². The molecule has 2 nitrogen and oxygen atoms in total. The minimum absolute atomic E-state index is 0.421. The number of halogens is 2. The van der Waals surface area contributed by atoms with Crippen molar-refractivity contribution < 1.29 is 8.78 Å². The summed E-state index contributed by atoms with van der Waals surface area (Å²) in [6.45, 7) is 0. The SMILES string of the molecule is Fc1cc(F)cc(-c2c[nH]c(=S)[nH]2)c1. The molecule has 1 aromatic heterocycles. The largest absolute Gasteiger partial charge is 0.337 e. The second-order valence-electron chi connectivity index (χ2n) is 2.81. The number of imidazole rings is 1. The van der Waals surface area contributed by atoms with Gasteiger partial charge in [0.25, 0.3) is 0 Å². The van der Waals surface area contributed by atoms with Gasteiger partial charge in [-0.2, -0.15) is 0 Å². The maximum atomic E-state index is 12.8. The number of hydrogen-bond donors (Lipinski definition) is 2. The maximum Gasteiger partial charge on any atom is 0.174 e. The van der Waals surface area contributed by atoms with Gasteiger partial charge in [-0.15, -0.1) is 0 Å². The highest BCUT2D eigenvalue weighted by molar-refractivity contribution is 7.71. The predicted octanol–water partition coefficient (Wildman–Crippen LogP) is 3.02. The normalized spacial score (nSPS) is 10.4. The van der Waals surface area contributed by atoms with Crippen LogP contribution in [0.15, 0.2) is 24.4 Å². The standard InChI is InChI=1S/C9H6F2N2S/c10-6-1-5(2-7(11)3-6)8-4-12-9(14)13-8/h1-4H,(H2,12,13,14). The topological polar surface area (TPSA) is 31.6 Å². The third kappa shape index (κ3) is 1.72. The lowest BCUT2D eigenvalue weighted by Gasteiger charge is -1.97. The van der Waals surface area contributed by atoms with Crippen molar-refractivity contribution in [1.82, 2.24) is 9.97 Å². The molecule has 0 bridgehead atoms. The van der Waals surface area contributed by atoms with Crippen molar-refractivity contribution in [3.05, 3.63) is 40.8 Å². The lowest BCUT2D eigenvalue weighted by molar-refractivity contribution is 0.584. The summed E-state index contributed by atoms with van der Waals surface area (Å²) in [7, 11) is 0. The highest BCUT2D eigenvalue weighted by Gasteiger charge is 2.03. The van der Waals surface area contributed by atoms with Crippen LogP contribution in [0.1, 0.15) is 0 Å². The molecule has 5 heteroatoms. The first-order valence-corrected chi connectivity index (χ1v) is 4.30. The molecule has 72 valence electrons. The average molecular weight is 212 g/mol. The van der Waals surface area contributed by atoms with E-state index < -0.39 is 11.6 Å². The van der Waals surface area contributed by atoms with Crippen molar-refractivity contribution in [2.75, 3.05) is 0 Å². The zero-order valence-corrected chi connectivity index (χ0v) is 7.79. The molecule has 0 saturated heterocycles. The molecule has 0 saturated carbocycles. The molecule has 0 aliphatic rings. The number of aromatic amines is 2. The molecule has 2 aromatic rings. The Labute approximate surface area is 83.6 Å². The Morgan fingerprint density at radius 3 is 2.21 bits per heavy atom. The van der Waals surface area contributed by atoms with Crippen molar-refractivity contribution in [3.63, 3.8) is 0 Å². The summed E-state index contributed by atoms with van der Waals surface area (Å²) >= 11 is 4.80. The van der Waals surface area contributed by atoms with Crippen molar-refractivity contribution in [3.8, 4) is 11.3 Å². The molecule has 0 spiro atoms. The van der Waals surface area contributed by atoms with E-state index in [4.69, 9.17) is 12.2 Å². The van der Waals surface area contributed by atoms with Gasteiger partial charge in [0.05, 0.1) is 5.69 Å². The molecule has 14 heavy (non-hydrogen) atoms. The number of H-pyrrole nitrogens is 2. The zero-order chi connectivity index (χ0) is 10.1. The molecule has 0 aliphatic carbocycles. The summed E-state index contributed by atoms with van der Waals surface area (Å²) in [5, 5.41) is 0. The second-order valence-corrected chi connectivity index (χ2v) is 3.22. The van der Waals surface area contributed by atoms with Crippen LogP contribution in [0, 0.1) is 16.4 Å². The Morgan fingerprint density at radius 1 is 1.07 bits per heavy atom. The van der Waals surface area contributed by atoms with E-state index in [9.17, 15) is 8.78 Å².